The van der Waals surface area contributed by atoms with E-state index in [4.69, 9.17) is 5.73 Å². The van der Waals surface area contributed by atoms with Crippen LogP contribution in [0.15, 0.2) is 11.6 Å². The largest absolute Gasteiger partial charge is 0.330 e. The van der Waals surface area contributed by atoms with E-state index >= 15 is 0 Å². The van der Waals surface area contributed by atoms with E-state index in [1.54, 1.807) is 5.57 Å². The lowest BCUT2D eigenvalue weighted by Gasteiger charge is -2.34. The van der Waals surface area contributed by atoms with Gasteiger partial charge in [-0.25, -0.2) is 0 Å². The van der Waals surface area contributed by atoms with Crippen LogP contribution < -0.4 is 5.73 Å². The zero-order valence-electron chi connectivity index (χ0n) is 12.3. The molecule has 0 unspecified atom stereocenters. The predicted molar refractivity (Wildman–Crippen MR) is 76.0 cm³/mol. The van der Waals surface area contributed by atoms with E-state index < -0.39 is 0 Å². The average molecular weight is 238 g/mol. The molecule has 2 nitrogen and oxygen atoms in total. The highest BCUT2D eigenvalue weighted by Gasteiger charge is 2.22. The summed E-state index contributed by atoms with van der Waals surface area (Å²) in [5.74, 6) is 0. The van der Waals surface area contributed by atoms with Crippen LogP contribution in [0.5, 0.6) is 0 Å². The Kier molecular flexibility index (Phi) is 4.79. The molecule has 0 saturated carbocycles. The zero-order valence-corrected chi connectivity index (χ0v) is 12.3. The summed E-state index contributed by atoms with van der Waals surface area (Å²) in [5.41, 5.74) is 8.02. The van der Waals surface area contributed by atoms with Gasteiger partial charge in [0.2, 0.25) is 0 Å². The van der Waals surface area contributed by atoms with Crippen LogP contribution in [-0.2, 0) is 0 Å². The number of nitrogens with two attached hydrogens (primary N) is 1. The van der Waals surface area contributed by atoms with Gasteiger partial charge in [-0.2, -0.15) is 0 Å². The lowest BCUT2D eigenvalue weighted by Crippen LogP contribution is -2.35. The van der Waals surface area contributed by atoms with Crippen molar-refractivity contribution in [2.24, 2.45) is 16.6 Å². The Balaban J connectivity index is 2.40. The molecule has 17 heavy (non-hydrogen) atoms. The monoisotopic (exact) mass is 238 g/mol. The molecule has 0 bridgehead atoms. The number of nitrogens with zero attached hydrogens (tertiary/aromatic N) is 1. The Bertz CT molecular complexity index is 271. The first-order valence-electron chi connectivity index (χ1n) is 6.86. The third-order valence-electron chi connectivity index (χ3n) is 3.91. The topological polar surface area (TPSA) is 29.3 Å². The highest BCUT2D eigenvalue weighted by atomic mass is 15.1. The summed E-state index contributed by atoms with van der Waals surface area (Å²) in [6, 6.07) is 0. The highest BCUT2D eigenvalue weighted by molar-refractivity contribution is 5.14. The van der Waals surface area contributed by atoms with Gasteiger partial charge in [0.25, 0.3) is 0 Å². The molecule has 0 atom stereocenters. The van der Waals surface area contributed by atoms with E-state index in [9.17, 15) is 0 Å². The van der Waals surface area contributed by atoms with E-state index in [2.05, 4.69) is 45.6 Å². The molecule has 0 aromatic rings. The third-order valence-corrected chi connectivity index (χ3v) is 3.91. The Morgan fingerprint density at radius 2 is 1.88 bits per heavy atom. The van der Waals surface area contributed by atoms with Gasteiger partial charge in [-0.1, -0.05) is 46.3 Å². The summed E-state index contributed by atoms with van der Waals surface area (Å²) in [4.78, 5) is 2.55. The minimum absolute atomic E-state index is 0.286. The molecule has 0 saturated heterocycles. The standard InChI is InChI=1S/C15H30N2/c1-14(2,3)13-6-9-17(10-7-13)11-8-15(4,5)12-16/h6H,7-12,16H2,1-5H3. The minimum Gasteiger partial charge on any atom is -0.330 e. The molecule has 0 amide bonds. The first-order valence-corrected chi connectivity index (χ1v) is 6.86. The summed E-state index contributed by atoms with van der Waals surface area (Å²) in [6.07, 6.45) is 4.85. The lowest BCUT2D eigenvalue weighted by atomic mass is 9.82. The fraction of sp³-hybridized carbons (Fsp3) is 0.867. The third kappa shape index (κ3) is 4.81. The zero-order chi connectivity index (χ0) is 13.1. The summed E-state index contributed by atoms with van der Waals surface area (Å²) < 4.78 is 0. The first kappa shape index (κ1) is 14.7. The molecule has 100 valence electrons. The number of hydrogen-bond acceptors (Lipinski definition) is 2. The molecule has 1 rings (SSSR count). The molecule has 0 aliphatic carbocycles. The van der Waals surface area contributed by atoms with E-state index in [-0.39, 0.29) is 5.41 Å². The molecular formula is C15H30N2. The van der Waals surface area contributed by atoms with Crippen molar-refractivity contribution in [3.63, 3.8) is 0 Å². The van der Waals surface area contributed by atoms with Gasteiger partial charge in [-0.05, 0) is 36.8 Å². The summed E-state index contributed by atoms with van der Waals surface area (Å²) in [7, 11) is 0. The second-order valence-corrected chi connectivity index (χ2v) is 7.15. The van der Waals surface area contributed by atoms with Gasteiger partial charge in [0.1, 0.15) is 0 Å². The van der Waals surface area contributed by atoms with E-state index in [0.717, 1.165) is 13.1 Å². The molecule has 2 N–H and O–H groups in total. The Morgan fingerprint density at radius 1 is 1.24 bits per heavy atom. The van der Waals surface area contributed by atoms with Crippen LogP contribution in [0.25, 0.3) is 0 Å². The van der Waals surface area contributed by atoms with Gasteiger partial charge in [0.05, 0.1) is 0 Å². The fourth-order valence-electron chi connectivity index (χ4n) is 2.16. The fourth-order valence-corrected chi connectivity index (χ4v) is 2.16. The highest BCUT2D eigenvalue weighted by Crippen LogP contribution is 2.30. The van der Waals surface area contributed by atoms with Crippen LogP contribution in [0.4, 0.5) is 0 Å². The van der Waals surface area contributed by atoms with E-state index in [0.29, 0.717) is 5.41 Å². The van der Waals surface area contributed by atoms with Crippen LogP contribution >= 0.6 is 0 Å². The smallest absolute Gasteiger partial charge is 0.0166 e. The summed E-state index contributed by atoms with van der Waals surface area (Å²) in [5, 5.41) is 0. The molecule has 0 aromatic heterocycles. The maximum absolute atomic E-state index is 5.77. The van der Waals surface area contributed by atoms with Crippen molar-refractivity contribution in [2.45, 2.75) is 47.5 Å². The Hall–Kier alpha value is -0.340. The number of rotatable bonds is 4. The second-order valence-electron chi connectivity index (χ2n) is 7.15. The lowest BCUT2D eigenvalue weighted by molar-refractivity contribution is 0.226. The van der Waals surface area contributed by atoms with Crippen molar-refractivity contribution in [2.75, 3.05) is 26.2 Å². The van der Waals surface area contributed by atoms with Gasteiger partial charge >= 0.3 is 0 Å². The van der Waals surface area contributed by atoms with Crippen LogP contribution in [0.2, 0.25) is 0 Å². The van der Waals surface area contributed by atoms with Crippen LogP contribution in [0.1, 0.15) is 47.5 Å². The van der Waals surface area contributed by atoms with Crippen molar-refractivity contribution in [3.05, 3.63) is 11.6 Å². The molecular weight excluding hydrogens is 208 g/mol. The molecule has 0 fully saturated rings. The Morgan fingerprint density at radius 3 is 2.29 bits per heavy atom. The molecule has 0 radical (unpaired) electrons. The Labute approximate surface area is 107 Å². The van der Waals surface area contributed by atoms with Crippen molar-refractivity contribution in [1.82, 2.24) is 4.90 Å². The van der Waals surface area contributed by atoms with E-state index in [1.807, 2.05) is 0 Å². The average Bonchev–Trinajstić information content (AvgIpc) is 2.26. The molecule has 2 heteroatoms. The van der Waals surface area contributed by atoms with Crippen LogP contribution in [0.3, 0.4) is 0 Å². The maximum atomic E-state index is 5.77. The minimum atomic E-state index is 0.286. The quantitative estimate of drug-likeness (QED) is 0.763. The maximum Gasteiger partial charge on any atom is 0.0166 e. The first-order chi connectivity index (χ1) is 7.74. The summed E-state index contributed by atoms with van der Waals surface area (Å²) in [6.45, 7) is 15.7. The van der Waals surface area contributed by atoms with Gasteiger partial charge in [0.15, 0.2) is 0 Å². The van der Waals surface area contributed by atoms with Crippen molar-refractivity contribution >= 4 is 0 Å². The molecule has 1 heterocycles. The SMILES string of the molecule is CC(C)(CN)CCN1CC=C(C(C)(C)C)CC1. The van der Waals surface area contributed by atoms with Gasteiger partial charge in [-0.15, -0.1) is 0 Å². The summed E-state index contributed by atoms with van der Waals surface area (Å²) >= 11 is 0. The van der Waals surface area contributed by atoms with Crippen LogP contribution in [-0.4, -0.2) is 31.1 Å². The van der Waals surface area contributed by atoms with Gasteiger partial charge in [-0.3, -0.25) is 4.90 Å². The molecule has 0 aromatic carbocycles. The predicted octanol–water partition coefficient (Wildman–Crippen LogP) is 3.04. The second kappa shape index (κ2) is 5.53. The number of hydrogen-bond donors (Lipinski definition) is 1. The van der Waals surface area contributed by atoms with Crippen molar-refractivity contribution < 1.29 is 0 Å². The molecule has 0 spiro atoms. The van der Waals surface area contributed by atoms with Crippen molar-refractivity contribution in [1.29, 1.82) is 0 Å². The molecule has 1 aliphatic rings. The van der Waals surface area contributed by atoms with Crippen molar-refractivity contribution in [3.8, 4) is 0 Å². The normalized spacial score (nSPS) is 19.3. The van der Waals surface area contributed by atoms with Gasteiger partial charge < -0.3 is 5.73 Å². The van der Waals surface area contributed by atoms with E-state index in [1.165, 1.54) is 25.9 Å². The van der Waals surface area contributed by atoms with Crippen LogP contribution in [0, 0.1) is 10.8 Å². The van der Waals surface area contributed by atoms with Gasteiger partial charge in [0, 0.05) is 13.1 Å². The molecule has 1 aliphatic heterocycles.